The van der Waals surface area contributed by atoms with Crippen LogP contribution in [0.1, 0.15) is 24.2 Å². The van der Waals surface area contributed by atoms with E-state index in [9.17, 15) is 5.11 Å². The minimum Gasteiger partial charge on any atom is -0.389 e. The topological polar surface area (TPSA) is 20.2 Å². The molecule has 3 radical (unpaired) electrons. The molecule has 20 heavy (non-hydrogen) atoms. The molecule has 0 saturated heterocycles. The number of rotatable bonds is 3. The van der Waals surface area contributed by atoms with E-state index in [0.29, 0.717) is 0 Å². The molecule has 0 heterocycles. The summed E-state index contributed by atoms with van der Waals surface area (Å²) in [5.41, 5.74) is 2.39. The predicted octanol–water partition coefficient (Wildman–Crippen LogP) is 4.18. The molecule has 0 saturated carbocycles. The summed E-state index contributed by atoms with van der Waals surface area (Å²) in [5, 5.41) is 15.1. The molecule has 2 heteroatoms. The quantitative estimate of drug-likeness (QED) is 0.562. The molecule has 99 valence electrons. The van der Waals surface area contributed by atoms with Gasteiger partial charge in [-0.3, -0.25) is 0 Å². The molecule has 0 spiro atoms. The molecule has 0 bridgehead atoms. The van der Waals surface area contributed by atoms with Crippen LogP contribution >= 0.6 is 0 Å². The fourth-order valence-corrected chi connectivity index (χ4v) is 3.35. The Morgan fingerprint density at radius 2 is 1.35 bits per heavy atom. The zero-order chi connectivity index (χ0) is 14.1. The fourth-order valence-electron chi connectivity index (χ4n) is 3.10. The third kappa shape index (κ3) is 2.05. The molecular formula is C18H17OSi. The van der Waals surface area contributed by atoms with Gasteiger partial charge in [0.05, 0.1) is 6.10 Å². The van der Waals surface area contributed by atoms with Crippen LogP contribution in [0, 0.1) is 0 Å². The Labute approximate surface area is 122 Å². The minimum atomic E-state index is -0.470. The van der Waals surface area contributed by atoms with Crippen LogP contribution in [-0.4, -0.2) is 15.3 Å². The molecule has 3 aromatic rings. The van der Waals surface area contributed by atoms with Crippen LogP contribution in [0.5, 0.6) is 0 Å². The highest BCUT2D eigenvalue weighted by Gasteiger charge is 2.15. The van der Waals surface area contributed by atoms with E-state index in [0.717, 1.165) is 28.8 Å². The molecule has 3 rings (SSSR count). The van der Waals surface area contributed by atoms with E-state index in [-0.39, 0.29) is 0 Å². The first-order valence-electron chi connectivity index (χ1n) is 6.99. The lowest BCUT2D eigenvalue weighted by Gasteiger charge is -2.18. The van der Waals surface area contributed by atoms with Crippen LogP contribution in [0.2, 0.25) is 6.04 Å². The van der Waals surface area contributed by atoms with Gasteiger partial charge < -0.3 is 5.11 Å². The van der Waals surface area contributed by atoms with Crippen molar-refractivity contribution in [3.63, 3.8) is 0 Å². The van der Waals surface area contributed by atoms with Crippen molar-refractivity contribution >= 4 is 31.8 Å². The van der Waals surface area contributed by atoms with Crippen LogP contribution in [0.3, 0.4) is 0 Å². The van der Waals surface area contributed by atoms with Crippen molar-refractivity contribution in [1.82, 2.24) is 0 Å². The van der Waals surface area contributed by atoms with E-state index >= 15 is 0 Å². The monoisotopic (exact) mass is 277 g/mol. The largest absolute Gasteiger partial charge is 0.389 e. The highest BCUT2D eigenvalue weighted by Crippen LogP contribution is 2.36. The maximum absolute atomic E-state index is 10.2. The number of aliphatic hydroxyl groups excluding tert-OH is 1. The van der Waals surface area contributed by atoms with E-state index in [1.165, 1.54) is 16.3 Å². The van der Waals surface area contributed by atoms with Gasteiger partial charge in [0.15, 0.2) is 0 Å². The zero-order valence-electron chi connectivity index (χ0n) is 11.6. The summed E-state index contributed by atoms with van der Waals surface area (Å²) in [6, 6.07) is 17.7. The Balaban J connectivity index is 2.54. The SMILES string of the molecule is CC(O)c1c2ccccc2c(CC[Si])c2ccccc12. The molecule has 0 aromatic heterocycles. The van der Waals surface area contributed by atoms with Crippen molar-refractivity contribution in [1.29, 1.82) is 0 Å². The second-order valence-corrected chi connectivity index (χ2v) is 5.66. The molecule has 0 amide bonds. The molecular weight excluding hydrogens is 260 g/mol. The number of aliphatic hydroxyl groups is 1. The summed E-state index contributed by atoms with van der Waals surface area (Å²) in [7, 11) is 3.61. The second kappa shape index (κ2) is 5.39. The lowest BCUT2D eigenvalue weighted by Crippen LogP contribution is -1.99. The van der Waals surface area contributed by atoms with Gasteiger partial charge in [-0.15, -0.1) is 0 Å². The van der Waals surface area contributed by atoms with Crippen LogP contribution in [0.4, 0.5) is 0 Å². The molecule has 0 aliphatic rings. The maximum Gasteiger partial charge on any atom is 0.0773 e. The Bertz CT molecular complexity index is 705. The van der Waals surface area contributed by atoms with E-state index in [2.05, 4.69) is 46.6 Å². The smallest absolute Gasteiger partial charge is 0.0773 e. The molecule has 0 aliphatic carbocycles. The van der Waals surface area contributed by atoms with Crippen molar-refractivity contribution < 1.29 is 5.11 Å². The zero-order valence-corrected chi connectivity index (χ0v) is 12.6. The highest BCUT2D eigenvalue weighted by atomic mass is 28.1. The summed E-state index contributed by atoms with van der Waals surface area (Å²) in [6.45, 7) is 1.85. The van der Waals surface area contributed by atoms with Crippen LogP contribution in [0.25, 0.3) is 21.5 Å². The Hall–Kier alpha value is -1.64. The van der Waals surface area contributed by atoms with Gasteiger partial charge in [0.1, 0.15) is 0 Å². The van der Waals surface area contributed by atoms with Gasteiger partial charge >= 0.3 is 0 Å². The minimum absolute atomic E-state index is 0.470. The summed E-state index contributed by atoms with van der Waals surface area (Å²) in [5.74, 6) is 0. The lowest BCUT2D eigenvalue weighted by molar-refractivity contribution is 0.202. The Morgan fingerprint density at radius 3 is 1.75 bits per heavy atom. The Morgan fingerprint density at radius 1 is 0.900 bits per heavy atom. The number of benzene rings is 3. The average Bonchev–Trinajstić information content (AvgIpc) is 2.47. The summed E-state index contributed by atoms with van der Waals surface area (Å²) >= 11 is 0. The first-order chi connectivity index (χ1) is 9.74. The number of hydrogen-bond acceptors (Lipinski definition) is 1. The standard InChI is InChI=1S/C18H17OSi/c1-12(19)18-16-8-4-2-6-13(16)15(10-11-20)14-7-3-5-9-17(14)18/h2-9,12,19H,10-11H2,1H3. The van der Waals surface area contributed by atoms with E-state index in [4.69, 9.17) is 0 Å². The van der Waals surface area contributed by atoms with Crippen molar-refractivity contribution in [3.8, 4) is 0 Å². The van der Waals surface area contributed by atoms with Crippen LogP contribution < -0.4 is 0 Å². The molecule has 3 aromatic carbocycles. The number of aryl methyl sites for hydroxylation is 1. The van der Waals surface area contributed by atoms with Crippen LogP contribution in [-0.2, 0) is 6.42 Å². The number of fused-ring (bicyclic) bond motifs is 2. The molecule has 0 aliphatic heterocycles. The van der Waals surface area contributed by atoms with Gasteiger partial charge in [-0.1, -0.05) is 54.6 Å². The molecule has 1 unspecified atom stereocenters. The van der Waals surface area contributed by atoms with E-state index in [1.807, 2.05) is 19.1 Å². The third-order valence-electron chi connectivity index (χ3n) is 3.88. The van der Waals surface area contributed by atoms with Gasteiger partial charge in [-0.05, 0) is 46.0 Å². The second-order valence-electron chi connectivity index (χ2n) is 5.16. The molecule has 1 atom stereocenters. The molecule has 1 nitrogen and oxygen atoms in total. The normalized spacial score (nSPS) is 12.9. The van der Waals surface area contributed by atoms with Crippen LogP contribution in [0.15, 0.2) is 48.5 Å². The Kier molecular flexibility index (Phi) is 3.60. The number of hydrogen-bond donors (Lipinski definition) is 1. The summed E-state index contributed by atoms with van der Waals surface area (Å²) in [4.78, 5) is 0. The van der Waals surface area contributed by atoms with Gasteiger partial charge in [-0.25, -0.2) is 0 Å². The van der Waals surface area contributed by atoms with Gasteiger partial charge in [-0.2, -0.15) is 0 Å². The van der Waals surface area contributed by atoms with Crippen molar-refractivity contribution in [2.75, 3.05) is 0 Å². The van der Waals surface area contributed by atoms with E-state index in [1.54, 1.807) is 0 Å². The van der Waals surface area contributed by atoms with Gasteiger partial charge in [0.2, 0.25) is 0 Å². The fraction of sp³-hybridized carbons (Fsp3) is 0.222. The first kappa shape index (κ1) is 13.3. The van der Waals surface area contributed by atoms with Crippen molar-refractivity contribution in [2.24, 2.45) is 0 Å². The predicted molar refractivity (Wildman–Crippen MR) is 86.4 cm³/mol. The summed E-state index contributed by atoms with van der Waals surface area (Å²) < 4.78 is 0. The molecule has 1 N–H and O–H groups in total. The van der Waals surface area contributed by atoms with Gasteiger partial charge in [0, 0.05) is 10.2 Å². The lowest BCUT2D eigenvalue weighted by atomic mass is 9.89. The summed E-state index contributed by atoms with van der Waals surface area (Å²) in [6.07, 6.45) is 0.514. The first-order valence-corrected chi connectivity index (χ1v) is 7.69. The van der Waals surface area contributed by atoms with Crippen molar-refractivity contribution in [2.45, 2.75) is 25.5 Å². The van der Waals surface area contributed by atoms with Gasteiger partial charge in [0.25, 0.3) is 0 Å². The highest BCUT2D eigenvalue weighted by molar-refractivity contribution is 6.10. The maximum atomic E-state index is 10.2. The van der Waals surface area contributed by atoms with E-state index < -0.39 is 6.10 Å². The molecule has 0 fully saturated rings. The average molecular weight is 277 g/mol. The van der Waals surface area contributed by atoms with Crippen molar-refractivity contribution in [3.05, 3.63) is 59.7 Å². The third-order valence-corrected chi connectivity index (χ3v) is 4.13.